The molecule has 0 aliphatic rings. The third-order valence-corrected chi connectivity index (χ3v) is 4.20. The molecule has 2 N–H and O–H groups in total. The van der Waals surface area contributed by atoms with E-state index >= 15 is 0 Å². The molecule has 0 spiro atoms. The predicted octanol–water partition coefficient (Wildman–Crippen LogP) is 1.26. The molecule has 0 aliphatic heterocycles. The van der Waals surface area contributed by atoms with Gasteiger partial charge < -0.3 is 5.11 Å². The maximum Gasteiger partial charge on any atom is 0.241 e. The molecule has 0 bridgehead atoms. The molecule has 0 aliphatic carbocycles. The Morgan fingerprint density at radius 2 is 1.84 bits per heavy atom. The van der Waals surface area contributed by atoms with E-state index in [9.17, 15) is 8.42 Å². The van der Waals surface area contributed by atoms with Crippen molar-refractivity contribution in [3.8, 4) is 12.3 Å². The van der Waals surface area contributed by atoms with Gasteiger partial charge in [0.25, 0.3) is 0 Å². The summed E-state index contributed by atoms with van der Waals surface area (Å²) in [5, 5.41) is 8.92. The number of sulfonamides is 1. The maximum atomic E-state index is 12.0. The minimum atomic E-state index is -3.70. The second kappa shape index (κ2) is 5.74. The second-order valence-corrected chi connectivity index (χ2v) is 7.01. The van der Waals surface area contributed by atoms with E-state index in [0.717, 1.165) is 5.56 Å². The van der Waals surface area contributed by atoms with Crippen LogP contribution in [0.15, 0.2) is 29.2 Å². The number of nitrogens with one attached hydrogen (secondary N) is 1. The van der Waals surface area contributed by atoms with Crippen LogP contribution in [0.3, 0.4) is 0 Å². The molecular weight excluding hydrogens is 262 g/mol. The molecule has 1 aromatic rings. The van der Waals surface area contributed by atoms with Gasteiger partial charge in [0.1, 0.15) is 6.04 Å². The molecule has 104 valence electrons. The van der Waals surface area contributed by atoms with E-state index in [-0.39, 0.29) is 10.3 Å². The summed E-state index contributed by atoms with van der Waals surface area (Å²) in [6, 6.07) is 5.71. The number of rotatable bonds is 4. The molecule has 0 saturated carbocycles. The number of aliphatic hydroxyl groups excluding tert-OH is 1. The Balaban J connectivity index is 3.01. The van der Waals surface area contributed by atoms with Gasteiger partial charge in [0.05, 0.1) is 11.5 Å². The van der Waals surface area contributed by atoms with Gasteiger partial charge in [-0.2, -0.15) is 4.72 Å². The average Bonchev–Trinajstić information content (AvgIpc) is 2.35. The Labute approximate surface area is 114 Å². The van der Waals surface area contributed by atoms with Gasteiger partial charge in [0, 0.05) is 0 Å². The van der Waals surface area contributed by atoms with Crippen molar-refractivity contribution in [3.63, 3.8) is 0 Å². The van der Waals surface area contributed by atoms with Crippen molar-refractivity contribution >= 4 is 10.0 Å². The van der Waals surface area contributed by atoms with Gasteiger partial charge in [-0.05, 0) is 23.1 Å². The molecule has 0 heterocycles. The minimum Gasteiger partial charge on any atom is -0.394 e. The summed E-state index contributed by atoms with van der Waals surface area (Å²) in [4.78, 5) is 0.134. The maximum absolute atomic E-state index is 12.0. The molecule has 19 heavy (non-hydrogen) atoms. The lowest BCUT2D eigenvalue weighted by Crippen LogP contribution is -2.36. The molecule has 1 rings (SSSR count). The number of terminal acetylenes is 1. The smallest absolute Gasteiger partial charge is 0.241 e. The predicted molar refractivity (Wildman–Crippen MR) is 75.2 cm³/mol. The fraction of sp³-hybridized carbons (Fsp3) is 0.429. The van der Waals surface area contributed by atoms with Gasteiger partial charge in [0.15, 0.2) is 0 Å². The summed E-state index contributed by atoms with van der Waals surface area (Å²) in [6.45, 7) is 5.72. The molecule has 0 amide bonds. The lowest BCUT2D eigenvalue weighted by molar-refractivity contribution is 0.280. The zero-order valence-electron chi connectivity index (χ0n) is 11.3. The Kier molecular flexibility index (Phi) is 4.75. The SMILES string of the molecule is C#C[C@@H](CO)NS(=O)(=O)c1ccc(C(C)(C)C)cc1. The average molecular weight is 281 g/mol. The van der Waals surface area contributed by atoms with Crippen molar-refractivity contribution in [2.75, 3.05) is 6.61 Å². The van der Waals surface area contributed by atoms with Gasteiger partial charge in [-0.15, -0.1) is 6.42 Å². The quantitative estimate of drug-likeness (QED) is 0.816. The number of aliphatic hydroxyl groups is 1. The van der Waals surface area contributed by atoms with Crippen LogP contribution >= 0.6 is 0 Å². The third-order valence-electron chi connectivity index (χ3n) is 2.71. The third kappa shape index (κ3) is 4.06. The molecule has 0 unspecified atom stereocenters. The van der Waals surface area contributed by atoms with E-state index in [1.807, 2.05) is 0 Å². The standard InChI is InChI=1S/C14H19NO3S/c1-5-12(10-16)15-19(17,18)13-8-6-11(7-9-13)14(2,3)4/h1,6-9,12,15-16H,10H2,2-4H3/t12-/m0/s1. The largest absolute Gasteiger partial charge is 0.394 e. The van der Waals surface area contributed by atoms with Crippen molar-refractivity contribution in [1.82, 2.24) is 4.72 Å². The van der Waals surface area contributed by atoms with E-state index in [2.05, 4.69) is 31.4 Å². The molecule has 0 radical (unpaired) electrons. The van der Waals surface area contributed by atoms with Gasteiger partial charge >= 0.3 is 0 Å². The van der Waals surface area contributed by atoms with Crippen molar-refractivity contribution in [2.24, 2.45) is 0 Å². The normalized spacial score (nSPS) is 13.8. The van der Waals surface area contributed by atoms with Gasteiger partial charge in [-0.25, -0.2) is 8.42 Å². The molecule has 0 fully saturated rings. The molecule has 0 saturated heterocycles. The van der Waals surface area contributed by atoms with Crippen molar-refractivity contribution in [1.29, 1.82) is 0 Å². The molecule has 4 nitrogen and oxygen atoms in total. The summed E-state index contributed by atoms with van der Waals surface area (Å²) in [7, 11) is -3.70. The first-order valence-electron chi connectivity index (χ1n) is 5.90. The van der Waals surface area contributed by atoms with E-state index < -0.39 is 22.7 Å². The summed E-state index contributed by atoms with van der Waals surface area (Å²) in [6.07, 6.45) is 5.11. The van der Waals surface area contributed by atoms with Crippen molar-refractivity contribution < 1.29 is 13.5 Å². The summed E-state index contributed by atoms with van der Waals surface area (Å²) < 4.78 is 26.3. The zero-order valence-corrected chi connectivity index (χ0v) is 12.2. The zero-order chi connectivity index (χ0) is 14.7. The number of benzene rings is 1. The summed E-state index contributed by atoms with van der Waals surface area (Å²) in [5.74, 6) is 2.17. The highest BCUT2D eigenvalue weighted by Crippen LogP contribution is 2.23. The van der Waals surface area contributed by atoms with E-state index in [1.54, 1.807) is 12.1 Å². The molecule has 5 heteroatoms. The highest BCUT2D eigenvalue weighted by molar-refractivity contribution is 7.89. The van der Waals surface area contributed by atoms with Gasteiger partial charge in [-0.1, -0.05) is 38.8 Å². The van der Waals surface area contributed by atoms with Gasteiger partial charge in [-0.3, -0.25) is 0 Å². The highest BCUT2D eigenvalue weighted by atomic mass is 32.2. The van der Waals surface area contributed by atoms with Crippen LogP contribution in [-0.2, 0) is 15.4 Å². The monoisotopic (exact) mass is 281 g/mol. The van der Waals surface area contributed by atoms with E-state index in [0.29, 0.717) is 0 Å². The van der Waals surface area contributed by atoms with Crippen LogP contribution < -0.4 is 4.72 Å². The number of hydrogen-bond donors (Lipinski definition) is 2. The van der Waals surface area contributed by atoms with Crippen LogP contribution in [0.4, 0.5) is 0 Å². The second-order valence-electron chi connectivity index (χ2n) is 5.30. The van der Waals surface area contributed by atoms with E-state index in [4.69, 9.17) is 11.5 Å². The summed E-state index contributed by atoms with van der Waals surface area (Å²) in [5.41, 5.74) is 1.00. The number of hydrogen-bond acceptors (Lipinski definition) is 3. The molecule has 0 aromatic heterocycles. The fourth-order valence-electron chi connectivity index (χ4n) is 1.51. The van der Waals surface area contributed by atoms with Crippen molar-refractivity contribution in [2.45, 2.75) is 37.1 Å². The topological polar surface area (TPSA) is 66.4 Å². The van der Waals surface area contributed by atoms with Crippen LogP contribution in [-0.4, -0.2) is 26.2 Å². The van der Waals surface area contributed by atoms with E-state index in [1.165, 1.54) is 12.1 Å². The Morgan fingerprint density at radius 3 is 2.21 bits per heavy atom. The molecular formula is C14H19NO3S. The first-order chi connectivity index (χ1) is 8.70. The van der Waals surface area contributed by atoms with Gasteiger partial charge in [0.2, 0.25) is 10.0 Å². The highest BCUT2D eigenvalue weighted by Gasteiger charge is 2.19. The Morgan fingerprint density at radius 1 is 1.32 bits per heavy atom. The minimum absolute atomic E-state index is 0.0395. The van der Waals surface area contributed by atoms with Crippen LogP contribution in [0.5, 0.6) is 0 Å². The van der Waals surface area contributed by atoms with Crippen LogP contribution in [0.25, 0.3) is 0 Å². The molecule has 1 atom stereocenters. The fourth-order valence-corrected chi connectivity index (χ4v) is 2.66. The molecule has 1 aromatic carbocycles. The lowest BCUT2D eigenvalue weighted by atomic mass is 9.87. The van der Waals surface area contributed by atoms with Crippen molar-refractivity contribution in [3.05, 3.63) is 29.8 Å². The Hall–Kier alpha value is -1.35. The first-order valence-corrected chi connectivity index (χ1v) is 7.39. The summed E-state index contributed by atoms with van der Waals surface area (Å²) >= 11 is 0. The van der Waals surface area contributed by atoms with Crippen LogP contribution in [0.1, 0.15) is 26.3 Å². The first kappa shape index (κ1) is 15.7. The van der Waals surface area contributed by atoms with Crippen LogP contribution in [0, 0.1) is 12.3 Å². The van der Waals surface area contributed by atoms with Crippen LogP contribution in [0.2, 0.25) is 0 Å². The Bertz CT molecular complexity index is 562. The lowest BCUT2D eigenvalue weighted by Gasteiger charge is -2.19.